The van der Waals surface area contributed by atoms with Crippen LogP contribution in [0.15, 0.2) is 17.5 Å². The lowest BCUT2D eigenvalue weighted by Crippen LogP contribution is -2.35. The van der Waals surface area contributed by atoms with Crippen LogP contribution in [0.5, 0.6) is 0 Å². The van der Waals surface area contributed by atoms with Gasteiger partial charge in [-0.1, -0.05) is 6.07 Å². The highest BCUT2D eigenvalue weighted by Crippen LogP contribution is 2.14. The van der Waals surface area contributed by atoms with Crippen molar-refractivity contribution in [2.24, 2.45) is 0 Å². The van der Waals surface area contributed by atoms with Crippen molar-refractivity contribution >= 4 is 11.3 Å². The highest BCUT2D eigenvalue weighted by Gasteiger charge is 2.18. The zero-order chi connectivity index (χ0) is 11.7. The number of aromatic nitrogens is 3. The molecule has 90 valence electrons. The number of hydrogen-bond donors (Lipinski definition) is 0. The molecule has 0 radical (unpaired) electrons. The minimum absolute atomic E-state index is 0.937. The second-order valence-electron chi connectivity index (χ2n) is 4.42. The fourth-order valence-corrected chi connectivity index (χ4v) is 2.97. The summed E-state index contributed by atoms with van der Waals surface area (Å²) in [4.78, 5) is 3.93. The van der Waals surface area contributed by atoms with Gasteiger partial charge in [0.25, 0.3) is 0 Å². The first-order chi connectivity index (χ1) is 8.33. The molecule has 0 spiro atoms. The molecular weight excluding hydrogens is 232 g/mol. The highest BCUT2D eigenvalue weighted by molar-refractivity contribution is 7.09. The Kier molecular flexibility index (Phi) is 2.94. The molecule has 0 fully saturated rings. The van der Waals surface area contributed by atoms with E-state index >= 15 is 0 Å². The third-order valence-electron chi connectivity index (χ3n) is 3.27. The van der Waals surface area contributed by atoms with Crippen molar-refractivity contribution in [2.75, 3.05) is 13.1 Å². The quantitative estimate of drug-likeness (QED) is 0.829. The molecule has 0 amide bonds. The topological polar surface area (TPSA) is 34.0 Å². The molecule has 0 N–H and O–H groups in total. The second kappa shape index (κ2) is 4.58. The van der Waals surface area contributed by atoms with Gasteiger partial charge in [-0.25, -0.2) is 0 Å². The van der Waals surface area contributed by atoms with E-state index in [0.717, 1.165) is 44.2 Å². The summed E-state index contributed by atoms with van der Waals surface area (Å²) in [7, 11) is 0. The number of rotatable bonds is 3. The maximum Gasteiger partial charge on any atom is 0.147 e. The van der Waals surface area contributed by atoms with Gasteiger partial charge in [0.15, 0.2) is 0 Å². The van der Waals surface area contributed by atoms with Crippen molar-refractivity contribution in [1.82, 2.24) is 19.7 Å². The average Bonchev–Trinajstić information content (AvgIpc) is 2.97. The van der Waals surface area contributed by atoms with Gasteiger partial charge in [0.1, 0.15) is 11.6 Å². The molecule has 0 unspecified atom stereocenters. The van der Waals surface area contributed by atoms with E-state index in [2.05, 4.69) is 37.2 Å². The van der Waals surface area contributed by atoms with Gasteiger partial charge in [-0.05, 0) is 24.8 Å². The van der Waals surface area contributed by atoms with Crippen molar-refractivity contribution < 1.29 is 0 Å². The van der Waals surface area contributed by atoms with Gasteiger partial charge < -0.3 is 4.57 Å². The van der Waals surface area contributed by atoms with Crippen LogP contribution in [0.25, 0.3) is 0 Å². The van der Waals surface area contributed by atoms with Crippen LogP contribution in [0.3, 0.4) is 0 Å². The van der Waals surface area contributed by atoms with Crippen molar-refractivity contribution in [3.05, 3.63) is 34.0 Å². The molecule has 3 heterocycles. The third-order valence-corrected chi connectivity index (χ3v) is 4.21. The van der Waals surface area contributed by atoms with Crippen molar-refractivity contribution in [2.45, 2.75) is 26.4 Å². The molecule has 2 aromatic heterocycles. The largest absolute Gasteiger partial charge is 0.313 e. The Hall–Kier alpha value is -1.20. The van der Waals surface area contributed by atoms with E-state index in [9.17, 15) is 0 Å². The van der Waals surface area contributed by atoms with E-state index in [4.69, 9.17) is 0 Å². The molecule has 0 aromatic carbocycles. The van der Waals surface area contributed by atoms with Gasteiger partial charge in [0.2, 0.25) is 0 Å². The average molecular weight is 248 g/mol. The Morgan fingerprint density at radius 2 is 2.29 bits per heavy atom. The molecule has 4 nitrogen and oxygen atoms in total. The second-order valence-corrected chi connectivity index (χ2v) is 5.45. The summed E-state index contributed by atoms with van der Waals surface area (Å²) >= 11 is 1.84. The molecule has 0 atom stereocenters. The van der Waals surface area contributed by atoms with Gasteiger partial charge in [0, 0.05) is 24.5 Å². The normalized spacial score (nSPS) is 16.1. The predicted molar refractivity (Wildman–Crippen MR) is 68.1 cm³/mol. The lowest BCUT2D eigenvalue weighted by atomic mass is 10.3. The molecule has 5 heteroatoms. The van der Waals surface area contributed by atoms with Crippen LogP contribution in [0, 0.1) is 6.92 Å². The minimum atomic E-state index is 0.937. The van der Waals surface area contributed by atoms with Crippen molar-refractivity contribution in [1.29, 1.82) is 0 Å². The highest BCUT2D eigenvalue weighted by atomic mass is 32.1. The molecule has 3 rings (SSSR count). The lowest BCUT2D eigenvalue weighted by Gasteiger charge is -2.27. The molecule has 0 saturated heterocycles. The Morgan fingerprint density at radius 1 is 1.35 bits per heavy atom. The van der Waals surface area contributed by atoms with Gasteiger partial charge in [-0.15, -0.1) is 21.5 Å². The van der Waals surface area contributed by atoms with E-state index in [1.807, 2.05) is 18.3 Å². The van der Waals surface area contributed by atoms with Gasteiger partial charge in [-0.3, -0.25) is 4.90 Å². The van der Waals surface area contributed by atoms with E-state index in [-0.39, 0.29) is 0 Å². The summed E-state index contributed by atoms with van der Waals surface area (Å²) in [5, 5.41) is 10.5. The molecule has 0 bridgehead atoms. The Labute approximate surface area is 105 Å². The standard InChI is InChI=1S/C12H16N4S/c1-10-13-14-12-9-15(6-7-16(10)12)5-4-11-3-2-8-17-11/h2-3,8H,4-7,9H2,1H3. The van der Waals surface area contributed by atoms with E-state index in [1.165, 1.54) is 4.88 Å². The van der Waals surface area contributed by atoms with E-state index < -0.39 is 0 Å². The van der Waals surface area contributed by atoms with Crippen molar-refractivity contribution in [3.63, 3.8) is 0 Å². The van der Waals surface area contributed by atoms with Crippen LogP contribution >= 0.6 is 11.3 Å². The van der Waals surface area contributed by atoms with Gasteiger partial charge in [-0.2, -0.15) is 0 Å². The first-order valence-corrected chi connectivity index (χ1v) is 6.84. The maximum absolute atomic E-state index is 4.23. The van der Waals surface area contributed by atoms with E-state index in [0.29, 0.717) is 0 Å². The fraction of sp³-hybridized carbons (Fsp3) is 0.500. The number of aryl methyl sites for hydroxylation is 1. The van der Waals surface area contributed by atoms with Crippen LogP contribution in [-0.4, -0.2) is 32.8 Å². The minimum Gasteiger partial charge on any atom is -0.313 e. The first-order valence-electron chi connectivity index (χ1n) is 5.96. The molecular formula is C12H16N4S. The van der Waals surface area contributed by atoms with Crippen LogP contribution in [0.1, 0.15) is 16.5 Å². The molecule has 0 aliphatic carbocycles. The van der Waals surface area contributed by atoms with Crippen LogP contribution in [0.4, 0.5) is 0 Å². The molecule has 2 aromatic rings. The summed E-state index contributed by atoms with van der Waals surface area (Å²) in [5.74, 6) is 2.15. The van der Waals surface area contributed by atoms with E-state index in [1.54, 1.807) is 0 Å². The predicted octanol–water partition coefficient (Wildman–Crippen LogP) is 1.71. The van der Waals surface area contributed by atoms with Crippen LogP contribution in [-0.2, 0) is 19.5 Å². The van der Waals surface area contributed by atoms with Crippen LogP contribution < -0.4 is 0 Å². The molecule has 0 saturated carbocycles. The summed E-state index contributed by atoms with van der Waals surface area (Å²) in [6, 6.07) is 4.33. The summed E-state index contributed by atoms with van der Waals surface area (Å²) < 4.78 is 2.22. The number of nitrogens with zero attached hydrogens (tertiary/aromatic N) is 4. The summed E-state index contributed by atoms with van der Waals surface area (Å²) in [6.45, 7) is 6.21. The lowest BCUT2D eigenvalue weighted by molar-refractivity contribution is 0.219. The number of fused-ring (bicyclic) bond motifs is 1. The number of thiophene rings is 1. The Bertz CT molecular complexity index is 489. The third kappa shape index (κ3) is 2.25. The zero-order valence-corrected chi connectivity index (χ0v) is 10.8. The molecule has 1 aliphatic rings. The molecule has 1 aliphatic heterocycles. The zero-order valence-electron chi connectivity index (χ0n) is 9.96. The summed E-state index contributed by atoms with van der Waals surface area (Å²) in [6.07, 6.45) is 1.14. The van der Waals surface area contributed by atoms with Gasteiger partial charge in [0.05, 0.1) is 6.54 Å². The number of hydrogen-bond acceptors (Lipinski definition) is 4. The summed E-state index contributed by atoms with van der Waals surface area (Å²) in [5.41, 5.74) is 0. The monoisotopic (exact) mass is 248 g/mol. The SMILES string of the molecule is Cc1nnc2n1CCN(CCc1cccs1)C2. The first kappa shape index (κ1) is 10.9. The smallest absolute Gasteiger partial charge is 0.147 e. The Morgan fingerprint density at radius 3 is 3.12 bits per heavy atom. The maximum atomic E-state index is 4.23. The van der Waals surface area contributed by atoms with Crippen LogP contribution in [0.2, 0.25) is 0 Å². The van der Waals surface area contributed by atoms with Gasteiger partial charge >= 0.3 is 0 Å². The van der Waals surface area contributed by atoms with Crippen molar-refractivity contribution in [3.8, 4) is 0 Å². The Balaban J connectivity index is 1.61. The molecule has 17 heavy (non-hydrogen) atoms. The fourth-order valence-electron chi connectivity index (χ4n) is 2.27.